The topological polar surface area (TPSA) is 83.3 Å². The summed E-state index contributed by atoms with van der Waals surface area (Å²) in [5.74, 6) is 2.01. The highest BCUT2D eigenvalue weighted by atomic mass is 35.5. The molecule has 37 heavy (non-hydrogen) atoms. The molecule has 0 aliphatic carbocycles. The van der Waals surface area contributed by atoms with Crippen LogP contribution in [0.1, 0.15) is 44.0 Å². The van der Waals surface area contributed by atoms with Crippen LogP contribution in [0.3, 0.4) is 0 Å². The molecule has 0 atom stereocenters. The molecule has 1 saturated heterocycles. The van der Waals surface area contributed by atoms with E-state index in [4.69, 9.17) is 33.3 Å². The quantitative estimate of drug-likeness (QED) is 0.282. The highest BCUT2D eigenvalue weighted by molar-refractivity contribution is 6.36. The summed E-state index contributed by atoms with van der Waals surface area (Å²) in [4.78, 5) is 16.0. The third-order valence-corrected chi connectivity index (χ3v) is 7.32. The molecule has 4 heterocycles. The minimum Gasteiger partial charge on any atom is -0.369 e. The van der Waals surface area contributed by atoms with Crippen LogP contribution in [0, 0.1) is 6.92 Å². The average molecular weight is 540 g/mol. The normalized spacial score (nSPS) is 14.6. The van der Waals surface area contributed by atoms with Gasteiger partial charge in [0, 0.05) is 67.0 Å². The number of benzene rings is 1. The summed E-state index contributed by atoms with van der Waals surface area (Å²) >= 11 is 12.7. The lowest BCUT2D eigenvalue weighted by atomic mass is 10.1. The molecule has 1 aliphatic heterocycles. The summed E-state index contributed by atoms with van der Waals surface area (Å²) in [6, 6.07) is 9.97. The van der Waals surface area contributed by atoms with Gasteiger partial charge in [0.1, 0.15) is 5.82 Å². The SMILES string of the molecule is Cc1nn2c(NCCNC3CCN(c4ncccn4)CC3)cc(C(C)C)nc2c1-c1ccc(Cl)cc1Cl. The highest BCUT2D eigenvalue weighted by Crippen LogP contribution is 2.36. The third kappa shape index (κ3) is 5.66. The average Bonchev–Trinajstić information content (AvgIpc) is 3.23. The number of fused-ring (bicyclic) bond motifs is 1. The molecule has 3 aromatic heterocycles. The molecule has 10 heteroatoms. The monoisotopic (exact) mass is 538 g/mol. The molecule has 1 aromatic carbocycles. The number of nitrogens with zero attached hydrogens (tertiary/aromatic N) is 6. The van der Waals surface area contributed by atoms with E-state index in [1.807, 2.05) is 29.6 Å². The molecule has 5 rings (SSSR count). The van der Waals surface area contributed by atoms with E-state index in [-0.39, 0.29) is 5.92 Å². The van der Waals surface area contributed by atoms with Gasteiger partial charge in [0.2, 0.25) is 5.95 Å². The van der Waals surface area contributed by atoms with E-state index in [1.54, 1.807) is 18.5 Å². The molecule has 8 nitrogen and oxygen atoms in total. The van der Waals surface area contributed by atoms with Crippen LogP contribution in [0.25, 0.3) is 16.8 Å². The molecular formula is C27H32Cl2N8. The maximum atomic E-state index is 6.57. The van der Waals surface area contributed by atoms with Crippen molar-refractivity contribution in [2.45, 2.75) is 45.6 Å². The number of halogens is 2. The number of piperidine rings is 1. The lowest BCUT2D eigenvalue weighted by molar-refractivity contribution is 0.418. The summed E-state index contributed by atoms with van der Waals surface area (Å²) in [6.07, 6.45) is 5.73. The van der Waals surface area contributed by atoms with Crippen LogP contribution >= 0.6 is 23.2 Å². The summed E-state index contributed by atoms with van der Waals surface area (Å²) in [5, 5.41) is 13.3. The van der Waals surface area contributed by atoms with Gasteiger partial charge in [0.05, 0.1) is 16.3 Å². The van der Waals surface area contributed by atoms with Crippen LogP contribution in [-0.4, -0.2) is 56.8 Å². The van der Waals surface area contributed by atoms with Gasteiger partial charge < -0.3 is 15.5 Å². The van der Waals surface area contributed by atoms with Crippen molar-refractivity contribution in [1.29, 1.82) is 0 Å². The Labute approximate surface area is 227 Å². The standard InChI is InChI=1S/C27H32Cl2N8/c1-17(2)23-16-24(31-12-11-30-20-7-13-36(14-8-20)27-32-9-4-10-33-27)37-26(34-23)25(18(3)35-37)21-6-5-19(28)15-22(21)29/h4-6,9-10,15-17,20,30-31H,7-8,11-14H2,1-3H3. The fraction of sp³-hybridized carbons (Fsp3) is 0.407. The first-order valence-corrected chi connectivity index (χ1v) is 13.5. The molecule has 194 valence electrons. The van der Waals surface area contributed by atoms with Gasteiger partial charge in [-0.05, 0) is 43.9 Å². The lowest BCUT2D eigenvalue weighted by Crippen LogP contribution is -2.44. The number of rotatable bonds is 8. The van der Waals surface area contributed by atoms with Gasteiger partial charge in [-0.15, -0.1) is 0 Å². The van der Waals surface area contributed by atoms with E-state index in [2.05, 4.69) is 45.4 Å². The number of anilines is 2. The first kappa shape index (κ1) is 25.7. The smallest absolute Gasteiger partial charge is 0.225 e. The van der Waals surface area contributed by atoms with Crippen LogP contribution in [-0.2, 0) is 0 Å². The van der Waals surface area contributed by atoms with Crippen LogP contribution in [0.4, 0.5) is 11.8 Å². The van der Waals surface area contributed by atoms with Crippen LogP contribution < -0.4 is 15.5 Å². The number of hydrogen-bond acceptors (Lipinski definition) is 7. The number of aromatic nitrogens is 5. The molecule has 0 bridgehead atoms. The Kier molecular flexibility index (Phi) is 7.79. The van der Waals surface area contributed by atoms with Crippen LogP contribution in [0.2, 0.25) is 10.0 Å². The van der Waals surface area contributed by atoms with Crippen molar-refractivity contribution in [2.75, 3.05) is 36.4 Å². The number of nitrogens with one attached hydrogen (secondary N) is 2. The molecule has 0 saturated carbocycles. The molecule has 1 fully saturated rings. The Morgan fingerprint density at radius 2 is 1.81 bits per heavy atom. The lowest BCUT2D eigenvalue weighted by Gasteiger charge is -2.32. The first-order valence-electron chi connectivity index (χ1n) is 12.8. The van der Waals surface area contributed by atoms with E-state index in [0.717, 1.165) is 78.9 Å². The van der Waals surface area contributed by atoms with Crippen molar-refractivity contribution >= 4 is 40.6 Å². The van der Waals surface area contributed by atoms with Gasteiger partial charge >= 0.3 is 0 Å². The predicted molar refractivity (Wildman–Crippen MR) is 151 cm³/mol. The second kappa shape index (κ2) is 11.2. The van der Waals surface area contributed by atoms with Crippen molar-refractivity contribution < 1.29 is 0 Å². The van der Waals surface area contributed by atoms with E-state index in [9.17, 15) is 0 Å². The van der Waals surface area contributed by atoms with Crippen molar-refractivity contribution in [3.05, 3.63) is 64.2 Å². The van der Waals surface area contributed by atoms with Crippen molar-refractivity contribution in [3.8, 4) is 11.1 Å². The summed E-state index contributed by atoms with van der Waals surface area (Å²) in [7, 11) is 0. The van der Waals surface area contributed by atoms with Gasteiger partial charge in [-0.1, -0.05) is 43.1 Å². The van der Waals surface area contributed by atoms with Gasteiger partial charge in [0.25, 0.3) is 0 Å². The van der Waals surface area contributed by atoms with Gasteiger partial charge in [-0.25, -0.2) is 15.0 Å². The molecule has 0 spiro atoms. The third-order valence-electron chi connectivity index (χ3n) is 6.77. The Morgan fingerprint density at radius 3 is 2.51 bits per heavy atom. The maximum absolute atomic E-state index is 6.57. The Bertz CT molecular complexity index is 1360. The van der Waals surface area contributed by atoms with Gasteiger partial charge in [-0.3, -0.25) is 0 Å². The predicted octanol–water partition coefficient (Wildman–Crippen LogP) is 5.60. The molecular weight excluding hydrogens is 507 g/mol. The maximum Gasteiger partial charge on any atom is 0.225 e. The van der Waals surface area contributed by atoms with Crippen molar-refractivity contribution in [2.24, 2.45) is 0 Å². The Hall–Kier alpha value is -2.94. The fourth-order valence-corrected chi connectivity index (χ4v) is 5.28. The Morgan fingerprint density at radius 1 is 1.05 bits per heavy atom. The summed E-state index contributed by atoms with van der Waals surface area (Å²) in [6.45, 7) is 9.82. The zero-order valence-electron chi connectivity index (χ0n) is 21.4. The van der Waals surface area contributed by atoms with E-state index in [0.29, 0.717) is 16.1 Å². The van der Waals surface area contributed by atoms with Crippen LogP contribution in [0.15, 0.2) is 42.7 Å². The second-order valence-electron chi connectivity index (χ2n) is 9.73. The van der Waals surface area contributed by atoms with Crippen molar-refractivity contribution in [3.63, 3.8) is 0 Å². The molecule has 1 aliphatic rings. The first-order chi connectivity index (χ1) is 17.9. The van der Waals surface area contributed by atoms with Crippen LogP contribution in [0.5, 0.6) is 0 Å². The summed E-state index contributed by atoms with van der Waals surface area (Å²) in [5.41, 5.74) is 4.47. The fourth-order valence-electron chi connectivity index (χ4n) is 4.78. The minimum absolute atomic E-state index is 0.270. The van der Waals surface area contributed by atoms with Crippen molar-refractivity contribution in [1.82, 2.24) is 29.9 Å². The van der Waals surface area contributed by atoms with E-state index >= 15 is 0 Å². The molecule has 0 unspecified atom stereocenters. The largest absolute Gasteiger partial charge is 0.369 e. The highest BCUT2D eigenvalue weighted by Gasteiger charge is 2.21. The Balaban J connectivity index is 1.27. The second-order valence-corrected chi connectivity index (χ2v) is 10.6. The summed E-state index contributed by atoms with van der Waals surface area (Å²) < 4.78 is 1.89. The van der Waals surface area contributed by atoms with E-state index in [1.165, 1.54) is 0 Å². The number of aryl methyl sites for hydroxylation is 1. The van der Waals surface area contributed by atoms with Gasteiger partial charge in [-0.2, -0.15) is 9.61 Å². The number of hydrogen-bond donors (Lipinski definition) is 2. The zero-order valence-corrected chi connectivity index (χ0v) is 22.9. The molecule has 4 aromatic rings. The zero-order chi connectivity index (χ0) is 25.9. The molecule has 0 radical (unpaired) electrons. The van der Waals surface area contributed by atoms with E-state index < -0.39 is 0 Å². The molecule has 2 N–H and O–H groups in total. The van der Waals surface area contributed by atoms with Gasteiger partial charge in [0.15, 0.2) is 5.65 Å². The molecule has 0 amide bonds. The minimum atomic E-state index is 0.270.